The monoisotopic (exact) mass is 363 g/mol. The quantitative estimate of drug-likeness (QED) is 0.697. The van der Waals surface area contributed by atoms with Crippen LogP contribution in [0.1, 0.15) is 21.7 Å². The molecule has 24 heavy (non-hydrogen) atoms. The van der Waals surface area contributed by atoms with E-state index in [1.165, 1.54) is 0 Å². The van der Waals surface area contributed by atoms with Crippen molar-refractivity contribution in [3.63, 3.8) is 0 Å². The number of amides is 1. The fourth-order valence-corrected chi connectivity index (χ4v) is 3.28. The van der Waals surface area contributed by atoms with Crippen molar-refractivity contribution in [3.05, 3.63) is 63.3 Å². The van der Waals surface area contributed by atoms with Gasteiger partial charge in [0.25, 0.3) is 5.91 Å². The number of furan rings is 1. The molecule has 1 aromatic heterocycles. The van der Waals surface area contributed by atoms with E-state index in [4.69, 9.17) is 27.6 Å². The Bertz CT molecular complexity index is 898. The molecule has 4 nitrogen and oxygen atoms in total. The molecule has 3 aromatic rings. The molecular weight excluding hydrogens is 349 g/mol. The van der Waals surface area contributed by atoms with Gasteiger partial charge in [-0.1, -0.05) is 41.4 Å². The summed E-state index contributed by atoms with van der Waals surface area (Å²) in [6, 6.07) is 10.4. The van der Waals surface area contributed by atoms with Gasteiger partial charge in [-0.15, -0.1) is 0 Å². The molecule has 0 aliphatic rings. The minimum absolute atomic E-state index is 0.0291. The van der Waals surface area contributed by atoms with Gasteiger partial charge >= 0.3 is 0 Å². The van der Waals surface area contributed by atoms with Crippen LogP contribution in [0.2, 0.25) is 10.0 Å². The van der Waals surface area contributed by atoms with Gasteiger partial charge in [-0.25, -0.2) is 0 Å². The van der Waals surface area contributed by atoms with Gasteiger partial charge in [0, 0.05) is 17.6 Å². The van der Waals surface area contributed by atoms with Crippen LogP contribution in [0.3, 0.4) is 0 Å². The van der Waals surface area contributed by atoms with Crippen molar-refractivity contribution in [3.8, 4) is 0 Å². The molecule has 1 amide bonds. The second-order valence-corrected chi connectivity index (χ2v) is 6.16. The van der Waals surface area contributed by atoms with E-state index in [0.29, 0.717) is 17.7 Å². The highest BCUT2D eigenvalue weighted by Crippen LogP contribution is 2.32. The van der Waals surface area contributed by atoms with Gasteiger partial charge in [0.1, 0.15) is 5.76 Å². The number of hydrogen-bond acceptors (Lipinski definition) is 3. The summed E-state index contributed by atoms with van der Waals surface area (Å²) in [6.45, 7) is 1.86. The maximum Gasteiger partial charge on any atom is 0.258 e. The van der Waals surface area contributed by atoms with E-state index in [1.807, 2.05) is 19.1 Å². The minimum Gasteiger partial charge on any atom is -0.459 e. The maximum absolute atomic E-state index is 12.6. The number of anilines is 1. The number of carbonyl (C=O) groups excluding carboxylic acids is 1. The largest absolute Gasteiger partial charge is 0.459 e. The molecular formula is C18H15Cl2NO3. The van der Waals surface area contributed by atoms with Crippen LogP contribution in [0, 0.1) is 6.92 Å². The fourth-order valence-electron chi connectivity index (χ4n) is 2.71. The summed E-state index contributed by atoms with van der Waals surface area (Å²) in [4.78, 5) is 12.6. The maximum atomic E-state index is 12.6. The van der Waals surface area contributed by atoms with Crippen LogP contribution in [0.5, 0.6) is 0 Å². The molecule has 0 aliphatic heterocycles. The SMILES string of the molecule is Cc1oc2c(NC(=O)c3c(Cl)cccc3Cl)cccc2c1CCO. The number of aryl methyl sites for hydroxylation is 1. The molecule has 3 rings (SSSR count). The summed E-state index contributed by atoms with van der Waals surface area (Å²) in [6.07, 6.45) is 0.493. The van der Waals surface area contributed by atoms with Gasteiger partial charge in [0.2, 0.25) is 0 Å². The van der Waals surface area contributed by atoms with Crippen molar-refractivity contribution in [1.82, 2.24) is 0 Å². The molecule has 0 radical (unpaired) electrons. The Balaban J connectivity index is 2.02. The third kappa shape index (κ3) is 3.00. The van der Waals surface area contributed by atoms with E-state index < -0.39 is 5.91 Å². The molecule has 0 bridgehead atoms. The number of benzene rings is 2. The smallest absolute Gasteiger partial charge is 0.258 e. The van der Waals surface area contributed by atoms with Crippen LogP contribution in [-0.2, 0) is 6.42 Å². The lowest BCUT2D eigenvalue weighted by Gasteiger charge is -2.09. The second-order valence-electron chi connectivity index (χ2n) is 5.34. The predicted octanol–water partition coefficient (Wildman–Crippen LogP) is 4.84. The lowest BCUT2D eigenvalue weighted by molar-refractivity contribution is 0.102. The van der Waals surface area contributed by atoms with Crippen LogP contribution in [0.15, 0.2) is 40.8 Å². The number of fused-ring (bicyclic) bond motifs is 1. The van der Waals surface area contributed by atoms with Crippen LogP contribution in [0.4, 0.5) is 5.69 Å². The van der Waals surface area contributed by atoms with E-state index in [-0.39, 0.29) is 22.2 Å². The lowest BCUT2D eigenvalue weighted by Crippen LogP contribution is -2.13. The molecule has 0 saturated carbocycles. The number of nitrogens with one attached hydrogen (secondary N) is 1. The van der Waals surface area contributed by atoms with Gasteiger partial charge < -0.3 is 14.8 Å². The van der Waals surface area contributed by atoms with E-state index in [9.17, 15) is 9.90 Å². The summed E-state index contributed by atoms with van der Waals surface area (Å²) in [5, 5.41) is 13.4. The number of rotatable bonds is 4. The molecule has 0 atom stereocenters. The fraction of sp³-hybridized carbons (Fsp3) is 0.167. The Hall–Kier alpha value is -2.01. The van der Waals surface area contributed by atoms with Gasteiger partial charge in [-0.3, -0.25) is 4.79 Å². The first-order valence-electron chi connectivity index (χ1n) is 7.40. The number of para-hydroxylation sites is 1. The molecule has 0 aliphatic carbocycles. The summed E-state index contributed by atoms with van der Waals surface area (Å²) >= 11 is 12.2. The van der Waals surface area contributed by atoms with Gasteiger partial charge in [0.05, 0.1) is 21.3 Å². The van der Waals surface area contributed by atoms with Gasteiger partial charge in [0.15, 0.2) is 5.58 Å². The topological polar surface area (TPSA) is 62.5 Å². The molecule has 0 unspecified atom stereocenters. The summed E-state index contributed by atoms with van der Waals surface area (Å²) in [5.41, 5.74) is 2.24. The van der Waals surface area contributed by atoms with Crippen LogP contribution in [-0.4, -0.2) is 17.6 Å². The molecule has 1 heterocycles. The van der Waals surface area contributed by atoms with Gasteiger partial charge in [-0.05, 0) is 31.5 Å². The van der Waals surface area contributed by atoms with Crippen molar-refractivity contribution >= 4 is 45.8 Å². The molecule has 0 fully saturated rings. The number of halogens is 2. The molecule has 0 saturated heterocycles. The summed E-state index contributed by atoms with van der Waals surface area (Å²) in [5.74, 6) is 0.312. The number of carbonyl (C=O) groups is 1. The van der Waals surface area contributed by atoms with E-state index >= 15 is 0 Å². The van der Waals surface area contributed by atoms with E-state index in [1.54, 1.807) is 24.3 Å². The minimum atomic E-state index is -0.407. The highest BCUT2D eigenvalue weighted by molar-refractivity contribution is 6.40. The molecule has 2 aromatic carbocycles. The first kappa shape index (κ1) is 16.8. The standard InChI is InChI=1S/C18H15Cl2NO3/c1-10-11(8-9-22)12-4-2-7-15(17(12)24-10)21-18(23)16-13(19)5-3-6-14(16)20/h2-7,22H,8-9H2,1H3,(H,21,23). The highest BCUT2D eigenvalue weighted by atomic mass is 35.5. The van der Waals surface area contributed by atoms with Crippen molar-refractivity contribution in [1.29, 1.82) is 0 Å². The van der Waals surface area contributed by atoms with Crippen molar-refractivity contribution in [2.75, 3.05) is 11.9 Å². The molecule has 0 spiro atoms. The number of aliphatic hydroxyl groups is 1. The van der Waals surface area contributed by atoms with Gasteiger partial charge in [-0.2, -0.15) is 0 Å². The van der Waals surface area contributed by atoms with Crippen LogP contribution >= 0.6 is 23.2 Å². The summed E-state index contributed by atoms with van der Waals surface area (Å²) < 4.78 is 5.79. The zero-order valence-corrected chi connectivity index (χ0v) is 14.4. The molecule has 6 heteroatoms. The second kappa shape index (κ2) is 6.85. The Kier molecular flexibility index (Phi) is 4.81. The van der Waals surface area contributed by atoms with E-state index in [0.717, 1.165) is 16.7 Å². The Morgan fingerprint density at radius 2 is 1.83 bits per heavy atom. The highest BCUT2D eigenvalue weighted by Gasteiger charge is 2.18. The molecule has 2 N–H and O–H groups in total. The average Bonchev–Trinajstić information content (AvgIpc) is 2.85. The number of aliphatic hydroxyl groups excluding tert-OH is 1. The van der Waals surface area contributed by atoms with Crippen molar-refractivity contribution < 1.29 is 14.3 Å². The Labute approximate surface area is 149 Å². The van der Waals surface area contributed by atoms with Crippen LogP contribution in [0.25, 0.3) is 11.0 Å². The normalized spacial score (nSPS) is 11.0. The first-order valence-corrected chi connectivity index (χ1v) is 8.15. The lowest BCUT2D eigenvalue weighted by atomic mass is 10.1. The zero-order chi connectivity index (χ0) is 17.3. The third-order valence-electron chi connectivity index (χ3n) is 3.82. The number of hydrogen-bond donors (Lipinski definition) is 2. The first-order chi connectivity index (χ1) is 11.5. The summed E-state index contributed by atoms with van der Waals surface area (Å²) in [7, 11) is 0. The van der Waals surface area contributed by atoms with Crippen molar-refractivity contribution in [2.24, 2.45) is 0 Å². The molecule has 124 valence electrons. The van der Waals surface area contributed by atoms with E-state index in [2.05, 4.69) is 5.32 Å². The average molecular weight is 364 g/mol. The zero-order valence-electron chi connectivity index (χ0n) is 12.9. The predicted molar refractivity (Wildman–Crippen MR) is 96.2 cm³/mol. The Morgan fingerprint density at radius 3 is 2.50 bits per heavy atom. The van der Waals surface area contributed by atoms with Crippen molar-refractivity contribution in [2.45, 2.75) is 13.3 Å². The third-order valence-corrected chi connectivity index (χ3v) is 4.45. The Morgan fingerprint density at radius 1 is 1.17 bits per heavy atom. The van der Waals surface area contributed by atoms with Crippen LogP contribution < -0.4 is 5.32 Å².